The van der Waals surface area contributed by atoms with Crippen LogP contribution in [0.25, 0.3) is 0 Å². The Kier molecular flexibility index (Phi) is 4.47. The molecule has 0 saturated heterocycles. The lowest BCUT2D eigenvalue weighted by atomic mass is 10.2. The molecule has 0 atom stereocenters. The molecule has 0 saturated carbocycles. The number of anilines is 2. The summed E-state index contributed by atoms with van der Waals surface area (Å²) in [7, 11) is 0. The van der Waals surface area contributed by atoms with Crippen molar-refractivity contribution in [2.24, 2.45) is 0 Å². The van der Waals surface area contributed by atoms with E-state index in [9.17, 15) is 4.79 Å². The fourth-order valence-corrected chi connectivity index (χ4v) is 2.23. The van der Waals surface area contributed by atoms with Gasteiger partial charge in [-0.15, -0.1) is 0 Å². The maximum atomic E-state index is 12.2. The molecule has 0 aliphatic carbocycles. The van der Waals surface area contributed by atoms with Crippen molar-refractivity contribution in [2.75, 3.05) is 11.1 Å². The molecular weight excluding hydrogens is 300 g/mol. The summed E-state index contributed by atoms with van der Waals surface area (Å²) in [6.07, 6.45) is 0. The number of nitrogen functional groups attached to an aromatic ring is 1. The van der Waals surface area contributed by atoms with Crippen LogP contribution in [0.3, 0.4) is 0 Å². The molecule has 3 rings (SSSR count). The molecule has 3 aromatic carbocycles. The van der Waals surface area contributed by atoms with E-state index in [1.807, 2.05) is 43.3 Å². The molecule has 0 spiro atoms. The standard InChI is InChI=1S/C20H18N2O2/c1-14-5-9-18(10-6-14)24-19-11-7-17(8-12-19)22-20(23)15-3-2-4-16(21)13-15/h2-13H,21H2,1H3,(H,22,23). The normalized spacial score (nSPS) is 10.2. The van der Waals surface area contributed by atoms with Crippen molar-refractivity contribution in [3.63, 3.8) is 0 Å². The molecule has 3 aromatic rings. The van der Waals surface area contributed by atoms with E-state index in [0.29, 0.717) is 22.7 Å². The van der Waals surface area contributed by atoms with Crippen molar-refractivity contribution >= 4 is 17.3 Å². The summed E-state index contributed by atoms with van der Waals surface area (Å²) in [5, 5.41) is 2.83. The summed E-state index contributed by atoms with van der Waals surface area (Å²) in [5.41, 5.74) is 8.65. The molecule has 24 heavy (non-hydrogen) atoms. The minimum absolute atomic E-state index is 0.200. The lowest BCUT2D eigenvalue weighted by Gasteiger charge is -2.08. The van der Waals surface area contributed by atoms with Gasteiger partial charge in [0.05, 0.1) is 0 Å². The number of aryl methyl sites for hydroxylation is 1. The number of ether oxygens (including phenoxy) is 1. The highest BCUT2D eigenvalue weighted by Crippen LogP contribution is 2.23. The number of hydrogen-bond acceptors (Lipinski definition) is 3. The highest BCUT2D eigenvalue weighted by Gasteiger charge is 2.06. The van der Waals surface area contributed by atoms with Gasteiger partial charge in [0, 0.05) is 16.9 Å². The highest BCUT2D eigenvalue weighted by molar-refractivity contribution is 6.04. The Morgan fingerprint density at radius 3 is 2.17 bits per heavy atom. The summed E-state index contributed by atoms with van der Waals surface area (Å²) < 4.78 is 5.76. The number of amides is 1. The van der Waals surface area contributed by atoms with Crippen LogP contribution in [0.15, 0.2) is 72.8 Å². The largest absolute Gasteiger partial charge is 0.457 e. The number of rotatable bonds is 4. The van der Waals surface area contributed by atoms with Crippen molar-refractivity contribution < 1.29 is 9.53 Å². The third kappa shape index (κ3) is 3.93. The Labute approximate surface area is 140 Å². The van der Waals surface area contributed by atoms with Gasteiger partial charge in [-0.3, -0.25) is 4.79 Å². The Hall–Kier alpha value is -3.27. The molecule has 4 heteroatoms. The quantitative estimate of drug-likeness (QED) is 0.690. The molecule has 0 aromatic heterocycles. The minimum atomic E-state index is -0.200. The van der Waals surface area contributed by atoms with Crippen molar-refractivity contribution in [1.29, 1.82) is 0 Å². The molecule has 0 bridgehead atoms. The first-order valence-electron chi connectivity index (χ1n) is 7.62. The second-order valence-electron chi connectivity index (χ2n) is 5.52. The Bertz CT molecular complexity index is 840. The lowest BCUT2D eigenvalue weighted by molar-refractivity contribution is 0.102. The number of nitrogens with two attached hydrogens (primary N) is 1. The molecular formula is C20H18N2O2. The predicted octanol–water partition coefficient (Wildman–Crippen LogP) is 4.62. The summed E-state index contributed by atoms with van der Waals surface area (Å²) in [6.45, 7) is 2.03. The van der Waals surface area contributed by atoms with Gasteiger partial charge < -0.3 is 15.8 Å². The average molecular weight is 318 g/mol. The van der Waals surface area contributed by atoms with Gasteiger partial charge in [-0.25, -0.2) is 0 Å². The molecule has 120 valence electrons. The van der Waals surface area contributed by atoms with Crippen LogP contribution >= 0.6 is 0 Å². The van der Waals surface area contributed by atoms with E-state index in [1.165, 1.54) is 5.56 Å². The molecule has 0 fully saturated rings. The molecule has 0 radical (unpaired) electrons. The number of benzene rings is 3. The van der Waals surface area contributed by atoms with E-state index in [0.717, 1.165) is 5.75 Å². The first kappa shape index (κ1) is 15.6. The number of carbonyl (C=O) groups excluding carboxylic acids is 1. The van der Waals surface area contributed by atoms with Crippen LogP contribution in [0.2, 0.25) is 0 Å². The van der Waals surface area contributed by atoms with Crippen LogP contribution in [0, 0.1) is 6.92 Å². The van der Waals surface area contributed by atoms with Crippen LogP contribution in [0.4, 0.5) is 11.4 Å². The topological polar surface area (TPSA) is 64.3 Å². The van der Waals surface area contributed by atoms with E-state index in [1.54, 1.807) is 36.4 Å². The van der Waals surface area contributed by atoms with Gasteiger partial charge in [0.15, 0.2) is 0 Å². The Morgan fingerprint density at radius 2 is 1.54 bits per heavy atom. The summed E-state index contributed by atoms with van der Waals surface area (Å²) in [6, 6.07) is 21.9. The number of hydrogen-bond donors (Lipinski definition) is 2. The molecule has 4 nitrogen and oxygen atoms in total. The monoisotopic (exact) mass is 318 g/mol. The maximum absolute atomic E-state index is 12.2. The molecule has 1 amide bonds. The molecule has 0 heterocycles. The third-order valence-corrected chi connectivity index (χ3v) is 3.52. The van der Waals surface area contributed by atoms with Crippen LogP contribution in [0.1, 0.15) is 15.9 Å². The van der Waals surface area contributed by atoms with E-state index >= 15 is 0 Å². The lowest BCUT2D eigenvalue weighted by Crippen LogP contribution is -2.11. The number of nitrogens with one attached hydrogen (secondary N) is 1. The van der Waals surface area contributed by atoms with Crippen LogP contribution < -0.4 is 15.8 Å². The van der Waals surface area contributed by atoms with Gasteiger partial charge in [0.1, 0.15) is 11.5 Å². The fourth-order valence-electron chi connectivity index (χ4n) is 2.23. The van der Waals surface area contributed by atoms with Gasteiger partial charge in [-0.2, -0.15) is 0 Å². The Morgan fingerprint density at radius 1 is 0.917 bits per heavy atom. The zero-order valence-electron chi connectivity index (χ0n) is 13.3. The Balaban J connectivity index is 1.66. The van der Waals surface area contributed by atoms with Crippen molar-refractivity contribution in [3.05, 3.63) is 83.9 Å². The first-order chi connectivity index (χ1) is 11.6. The molecule has 3 N–H and O–H groups in total. The zero-order chi connectivity index (χ0) is 16.9. The van der Waals surface area contributed by atoms with Crippen molar-refractivity contribution in [1.82, 2.24) is 0 Å². The van der Waals surface area contributed by atoms with E-state index in [2.05, 4.69) is 5.32 Å². The minimum Gasteiger partial charge on any atom is -0.457 e. The summed E-state index contributed by atoms with van der Waals surface area (Å²) >= 11 is 0. The zero-order valence-corrected chi connectivity index (χ0v) is 13.3. The van der Waals surface area contributed by atoms with Gasteiger partial charge in [-0.1, -0.05) is 23.8 Å². The van der Waals surface area contributed by atoms with E-state index < -0.39 is 0 Å². The van der Waals surface area contributed by atoms with Gasteiger partial charge in [0.25, 0.3) is 5.91 Å². The molecule has 0 unspecified atom stereocenters. The van der Waals surface area contributed by atoms with Crippen LogP contribution in [-0.4, -0.2) is 5.91 Å². The maximum Gasteiger partial charge on any atom is 0.255 e. The van der Waals surface area contributed by atoms with E-state index in [-0.39, 0.29) is 5.91 Å². The first-order valence-corrected chi connectivity index (χ1v) is 7.62. The van der Waals surface area contributed by atoms with E-state index in [4.69, 9.17) is 10.5 Å². The van der Waals surface area contributed by atoms with Crippen LogP contribution in [-0.2, 0) is 0 Å². The SMILES string of the molecule is Cc1ccc(Oc2ccc(NC(=O)c3cccc(N)c3)cc2)cc1. The van der Waals surface area contributed by atoms with Crippen LogP contribution in [0.5, 0.6) is 11.5 Å². The second kappa shape index (κ2) is 6.87. The molecule has 0 aliphatic heterocycles. The molecule has 0 aliphatic rings. The fraction of sp³-hybridized carbons (Fsp3) is 0.0500. The van der Waals surface area contributed by atoms with Crippen molar-refractivity contribution in [3.8, 4) is 11.5 Å². The van der Waals surface area contributed by atoms with Gasteiger partial charge in [0.2, 0.25) is 0 Å². The number of carbonyl (C=O) groups is 1. The average Bonchev–Trinajstić information content (AvgIpc) is 2.59. The highest BCUT2D eigenvalue weighted by atomic mass is 16.5. The third-order valence-electron chi connectivity index (χ3n) is 3.52. The second-order valence-corrected chi connectivity index (χ2v) is 5.52. The summed E-state index contributed by atoms with van der Waals surface area (Å²) in [4.78, 5) is 12.2. The van der Waals surface area contributed by atoms with Gasteiger partial charge in [-0.05, 0) is 61.5 Å². The van der Waals surface area contributed by atoms with Gasteiger partial charge >= 0.3 is 0 Å². The predicted molar refractivity (Wildman–Crippen MR) is 96.5 cm³/mol. The van der Waals surface area contributed by atoms with Crippen molar-refractivity contribution in [2.45, 2.75) is 6.92 Å². The smallest absolute Gasteiger partial charge is 0.255 e. The summed E-state index contributed by atoms with van der Waals surface area (Å²) in [5.74, 6) is 1.28.